The lowest BCUT2D eigenvalue weighted by molar-refractivity contribution is -0.158. The lowest BCUT2D eigenvalue weighted by Crippen LogP contribution is -2.34. The van der Waals surface area contributed by atoms with Crippen LogP contribution in [-0.4, -0.2) is 12.1 Å². The van der Waals surface area contributed by atoms with Crippen molar-refractivity contribution in [2.45, 2.75) is 187 Å². The van der Waals surface area contributed by atoms with Crippen LogP contribution >= 0.6 is 0 Å². The molecule has 3 nitrogen and oxygen atoms in total. The van der Waals surface area contributed by atoms with Gasteiger partial charge in [-0.3, -0.25) is 4.79 Å². The van der Waals surface area contributed by atoms with Crippen LogP contribution < -0.4 is 0 Å². The van der Waals surface area contributed by atoms with Gasteiger partial charge < -0.3 is 4.74 Å². The molecule has 0 N–H and O–H groups in total. The zero-order chi connectivity index (χ0) is 27.8. The molecule has 0 aromatic rings. The van der Waals surface area contributed by atoms with Crippen LogP contribution in [0, 0.1) is 40.4 Å². The third-order valence-corrected chi connectivity index (χ3v) is 11.0. The summed E-state index contributed by atoms with van der Waals surface area (Å²) in [7, 11) is 0. The number of carbonyl (C=O) groups is 1. The summed E-state index contributed by atoms with van der Waals surface area (Å²) in [6.45, 7) is 4.54. The molecule has 0 spiro atoms. The molecule has 0 aliphatic heterocycles. The molecule has 3 rings (SSSR count). The molecule has 0 unspecified atom stereocenters. The third-order valence-electron chi connectivity index (χ3n) is 11.0. The molecule has 0 atom stereocenters. The van der Waals surface area contributed by atoms with E-state index in [-0.39, 0.29) is 23.4 Å². The summed E-state index contributed by atoms with van der Waals surface area (Å²) in [5.74, 6) is 2.93. The van der Waals surface area contributed by atoms with Crippen LogP contribution in [0.2, 0.25) is 0 Å². The summed E-state index contributed by atoms with van der Waals surface area (Å²) < 4.78 is 6.05. The van der Waals surface area contributed by atoms with E-state index in [1.54, 1.807) is 0 Å². The number of ether oxygens (including phenoxy) is 1. The van der Waals surface area contributed by atoms with Crippen molar-refractivity contribution < 1.29 is 9.53 Å². The lowest BCUT2D eigenvalue weighted by Gasteiger charge is -2.38. The Hall–Kier alpha value is -1.04. The zero-order valence-electron chi connectivity index (χ0n) is 26.0. The SMILES string of the molecule is CCCCCCCCCC1CCC(C2CCC(C(=O)OC3CCC(C#N)(CCCCCCC)CC3)CC2)CC1. The van der Waals surface area contributed by atoms with Crippen molar-refractivity contribution in [1.82, 2.24) is 0 Å². The number of hydrogen-bond acceptors (Lipinski definition) is 3. The van der Waals surface area contributed by atoms with Crippen LogP contribution in [-0.2, 0) is 9.53 Å². The Kier molecular flexibility index (Phi) is 15.3. The van der Waals surface area contributed by atoms with E-state index in [1.807, 2.05) is 0 Å². The molecule has 39 heavy (non-hydrogen) atoms. The molecule has 0 heterocycles. The first-order valence-electron chi connectivity index (χ1n) is 17.7. The fourth-order valence-corrected chi connectivity index (χ4v) is 8.17. The van der Waals surface area contributed by atoms with Crippen molar-refractivity contribution in [2.24, 2.45) is 29.1 Å². The topological polar surface area (TPSA) is 50.1 Å². The number of nitriles is 1. The van der Waals surface area contributed by atoms with Crippen LogP contribution in [0.25, 0.3) is 0 Å². The van der Waals surface area contributed by atoms with Gasteiger partial charge in [0.05, 0.1) is 17.4 Å². The number of hydrogen-bond donors (Lipinski definition) is 0. The molecule has 0 bridgehead atoms. The van der Waals surface area contributed by atoms with Gasteiger partial charge in [-0.1, -0.05) is 110 Å². The third kappa shape index (κ3) is 11.4. The maximum Gasteiger partial charge on any atom is 0.309 e. The second-order valence-electron chi connectivity index (χ2n) is 14.0. The fourth-order valence-electron chi connectivity index (χ4n) is 8.17. The minimum absolute atomic E-state index is 0.0448. The summed E-state index contributed by atoms with van der Waals surface area (Å²) in [6.07, 6.45) is 32.7. The summed E-state index contributed by atoms with van der Waals surface area (Å²) in [4.78, 5) is 13.0. The van der Waals surface area contributed by atoms with Crippen LogP contribution in [0.1, 0.15) is 181 Å². The molecule has 0 aromatic carbocycles. The van der Waals surface area contributed by atoms with Gasteiger partial charge in [0.1, 0.15) is 6.10 Å². The average Bonchev–Trinajstić information content (AvgIpc) is 2.98. The predicted octanol–water partition coefficient (Wildman–Crippen LogP) is 11.1. The van der Waals surface area contributed by atoms with Crippen molar-refractivity contribution in [2.75, 3.05) is 0 Å². The largest absolute Gasteiger partial charge is 0.462 e. The van der Waals surface area contributed by atoms with E-state index in [2.05, 4.69) is 19.9 Å². The Morgan fingerprint density at radius 3 is 1.77 bits per heavy atom. The summed E-state index contributed by atoms with van der Waals surface area (Å²) >= 11 is 0. The summed E-state index contributed by atoms with van der Waals surface area (Å²) in [5, 5.41) is 9.89. The Balaban J connectivity index is 1.26. The van der Waals surface area contributed by atoms with E-state index in [9.17, 15) is 10.1 Å². The van der Waals surface area contributed by atoms with Crippen molar-refractivity contribution >= 4 is 5.97 Å². The van der Waals surface area contributed by atoms with E-state index < -0.39 is 0 Å². The minimum Gasteiger partial charge on any atom is -0.462 e. The van der Waals surface area contributed by atoms with Crippen LogP contribution in [0.4, 0.5) is 0 Å². The van der Waals surface area contributed by atoms with Crippen molar-refractivity contribution in [3.8, 4) is 6.07 Å². The molecular formula is C36H63NO2. The number of unbranched alkanes of at least 4 members (excludes halogenated alkanes) is 10. The molecule has 3 saturated carbocycles. The molecule has 0 saturated heterocycles. The lowest BCUT2D eigenvalue weighted by atomic mass is 9.68. The highest BCUT2D eigenvalue weighted by atomic mass is 16.5. The first kappa shape index (κ1) is 32.5. The molecular weight excluding hydrogens is 478 g/mol. The van der Waals surface area contributed by atoms with E-state index in [0.717, 1.165) is 62.7 Å². The first-order chi connectivity index (χ1) is 19.1. The van der Waals surface area contributed by atoms with Crippen LogP contribution in [0.3, 0.4) is 0 Å². The molecule has 3 heteroatoms. The Morgan fingerprint density at radius 2 is 1.21 bits per heavy atom. The Morgan fingerprint density at radius 1 is 0.692 bits per heavy atom. The Bertz CT molecular complexity index is 687. The second kappa shape index (κ2) is 18.4. The van der Waals surface area contributed by atoms with Crippen molar-refractivity contribution in [3.63, 3.8) is 0 Å². The van der Waals surface area contributed by atoms with Gasteiger partial charge in [0, 0.05) is 0 Å². The predicted molar refractivity (Wildman–Crippen MR) is 163 cm³/mol. The second-order valence-corrected chi connectivity index (χ2v) is 14.0. The molecule has 0 radical (unpaired) electrons. The van der Waals surface area contributed by atoms with E-state index >= 15 is 0 Å². The van der Waals surface area contributed by atoms with Crippen molar-refractivity contribution in [1.29, 1.82) is 5.26 Å². The van der Waals surface area contributed by atoms with Gasteiger partial charge in [0.2, 0.25) is 0 Å². The maximum absolute atomic E-state index is 13.0. The Labute approximate surface area is 242 Å². The van der Waals surface area contributed by atoms with Crippen molar-refractivity contribution in [3.05, 3.63) is 0 Å². The molecule has 224 valence electrons. The van der Waals surface area contributed by atoms with Crippen LogP contribution in [0.5, 0.6) is 0 Å². The number of nitrogens with zero attached hydrogens (tertiary/aromatic N) is 1. The average molecular weight is 542 g/mol. The standard InChI is InChI=1S/C36H63NO2/c1-3-5-7-9-10-11-13-15-30-16-18-31(19-17-30)32-20-22-33(23-21-32)35(38)39-34-24-27-36(29-37,28-25-34)26-14-12-8-6-4-2/h30-34H,3-28H2,1-2H3. The maximum atomic E-state index is 13.0. The number of carbonyl (C=O) groups excluding carboxylic acids is 1. The summed E-state index contributed by atoms with van der Waals surface area (Å²) in [5.41, 5.74) is -0.166. The number of rotatable bonds is 17. The normalized spacial score (nSPS) is 31.5. The summed E-state index contributed by atoms with van der Waals surface area (Å²) in [6, 6.07) is 2.66. The molecule has 0 aromatic heterocycles. The van der Waals surface area contributed by atoms with Gasteiger partial charge in [-0.15, -0.1) is 0 Å². The fraction of sp³-hybridized carbons (Fsp3) is 0.944. The van der Waals surface area contributed by atoms with Gasteiger partial charge in [0.15, 0.2) is 0 Å². The quantitative estimate of drug-likeness (QED) is 0.136. The highest BCUT2D eigenvalue weighted by Gasteiger charge is 2.38. The van der Waals surface area contributed by atoms with Crippen LogP contribution in [0.15, 0.2) is 0 Å². The highest BCUT2D eigenvalue weighted by Crippen LogP contribution is 2.44. The smallest absolute Gasteiger partial charge is 0.309 e. The minimum atomic E-state index is -0.166. The monoisotopic (exact) mass is 541 g/mol. The molecule has 0 amide bonds. The van der Waals surface area contributed by atoms with Gasteiger partial charge in [-0.25, -0.2) is 0 Å². The molecule has 3 fully saturated rings. The van der Waals surface area contributed by atoms with E-state index in [4.69, 9.17) is 4.74 Å². The van der Waals surface area contributed by atoms with Gasteiger partial charge >= 0.3 is 5.97 Å². The highest BCUT2D eigenvalue weighted by molar-refractivity contribution is 5.72. The first-order valence-corrected chi connectivity index (χ1v) is 17.7. The van der Waals surface area contributed by atoms with Gasteiger partial charge in [-0.05, 0) is 88.4 Å². The van der Waals surface area contributed by atoms with E-state index in [1.165, 1.54) is 122 Å². The van der Waals surface area contributed by atoms with Gasteiger partial charge in [0.25, 0.3) is 0 Å². The molecule has 3 aliphatic carbocycles. The zero-order valence-corrected chi connectivity index (χ0v) is 26.0. The van der Waals surface area contributed by atoms with E-state index in [0.29, 0.717) is 0 Å². The molecule has 3 aliphatic rings. The number of esters is 1. The van der Waals surface area contributed by atoms with Gasteiger partial charge in [-0.2, -0.15) is 5.26 Å².